The first-order chi connectivity index (χ1) is 13.9. The van der Waals surface area contributed by atoms with E-state index in [1.54, 1.807) is 12.5 Å². The third-order valence-corrected chi connectivity index (χ3v) is 8.36. The van der Waals surface area contributed by atoms with Crippen molar-refractivity contribution in [1.82, 2.24) is 0 Å². The van der Waals surface area contributed by atoms with Crippen molar-refractivity contribution in [2.75, 3.05) is 13.2 Å². The number of hydrogen-bond acceptors (Lipinski definition) is 7. The van der Waals surface area contributed by atoms with Crippen molar-refractivity contribution in [3.05, 3.63) is 24.2 Å². The fraction of sp³-hybridized carbons (Fsp3) is 0.727. The van der Waals surface area contributed by atoms with Crippen LogP contribution in [0, 0.1) is 22.7 Å². The van der Waals surface area contributed by atoms with E-state index in [2.05, 4.69) is 6.92 Å². The second-order valence-corrected chi connectivity index (χ2v) is 9.40. The molecule has 7 atom stereocenters. The highest BCUT2D eigenvalue weighted by Crippen LogP contribution is 2.70. The van der Waals surface area contributed by atoms with Gasteiger partial charge in [-0.15, -0.1) is 0 Å². The first-order valence-electron chi connectivity index (χ1n) is 10.5. The second kappa shape index (κ2) is 6.32. The van der Waals surface area contributed by atoms with Crippen LogP contribution in [-0.2, 0) is 23.8 Å². The Morgan fingerprint density at radius 2 is 2.14 bits per heavy atom. The molecular weight excluding hydrogens is 376 g/mol. The Balaban J connectivity index is 1.58. The van der Waals surface area contributed by atoms with Crippen molar-refractivity contribution < 1.29 is 33.3 Å². The SMILES string of the molecule is CC(=O)OCC12CC[C@H](C)C3(CC(c4ccoc4)OC3=O)[C@@H]1CCC(O)C21CO1. The first kappa shape index (κ1) is 19.1. The summed E-state index contributed by atoms with van der Waals surface area (Å²) in [6.07, 6.45) is 5.66. The quantitative estimate of drug-likeness (QED) is 0.611. The molecule has 0 aromatic carbocycles. The molecule has 158 valence electrons. The van der Waals surface area contributed by atoms with E-state index in [-0.39, 0.29) is 36.5 Å². The van der Waals surface area contributed by atoms with Crippen molar-refractivity contribution in [3.63, 3.8) is 0 Å². The van der Waals surface area contributed by atoms with Gasteiger partial charge in [0.15, 0.2) is 0 Å². The molecule has 2 saturated carbocycles. The highest BCUT2D eigenvalue weighted by molar-refractivity contribution is 5.80. The number of carbonyl (C=O) groups excluding carboxylic acids is 2. The summed E-state index contributed by atoms with van der Waals surface area (Å²) in [6.45, 7) is 4.13. The maximum Gasteiger partial charge on any atom is 0.313 e. The van der Waals surface area contributed by atoms with Crippen LogP contribution in [-0.4, -0.2) is 42.0 Å². The number of carbonyl (C=O) groups is 2. The van der Waals surface area contributed by atoms with E-state index in [1.165, 1.54) is 6.92 Å². The number of ether oxygens (including phenoxy) is 3. The normalized spacial score (nSPS) is 45.8. The Kier molecular flexibility index (Phi) is 4.17. The molecule has 7 nitrogen and oxygen atoms in total. The molecule has 1 aromatic rings. The summed E-state index contributed by atoms with van der Waals surface area (Å²) < 4.78 is 22.6. The van der Waals surface area contributed by atoms with Gasteiger partial charge >= 0.3 is 11.9 Å². The number of furan rings is 1. The van der Waals surface area contributed by atoms with E-state index in [4.69, 9.17) is 18.6 Å². The monoisotopic (exact) mass is 404 g/mol. The van der Waals surface area contributed by atoms with Gasteiger partial charge in [-0.05, 0) is 43.6 Å². The van der Waals surface area contributed by atoms with Crippen molar-refractivity contribution in [3.8, 4) is 0 Å². The third-order valence-electron chi connectivity index (χ3n) is 8.36. The highest BCUT2D eigenvalue weighted by atomic mass is 16.6. The number of epoxide rings is 1. The molecule has 1 N–H and O–H groups in total. The van der Waals surface area contributed by atoms with Gasteiger partial charge in [0.2, 0.25) is 0 Å². The van der Waals surface area contributed by atoms with Crippen LogP contribution >= 0.6 is 0 Å². The van der Waals surface area contributed by atoms with E-state index in [0.717, 1.165) is 18.4 Å². The predicted molar refractivity (Wildman–Crippen MR) is 99.5 cm³/mol. The van der Waals surface area contributed by atoms with Gasteiger partial charge in [-0.3, -0.25) is 9.59 Å². The van der Waals surface area contributed by atoms with Crippen molar-refractivity contribution in [2.24, 2.45) is 22.7 Å². The minimum absolute atomic E-state index is 0.0756. The number of esters is 2. The summed E-state index contributed by atoms with van der Waals surface area (Å²) in [5.74, 6) is -0.478. The molecule has 5 rings (SSSR count). The summed E-state index contributed by atoms with van der Waals surface area (Å²) in [4.78, 5) is 25.1. The topological polar surface area (TPSA) is 98.5 Å². The standard InChI is InChI=1S/C22H28O7/c1-13-5-7-20(11-27-14(2)23)17(3-4-18(24)22(20)12-28-22)21(13)9-16(29-19(21)25)15-6-8-26-10-15/h6,8,10,13,16-18,24H,3-5,7,9,11-12H2,1-2H3/t13-,16?,17+,18?,20?,21?,22?/m0/s1. The molecule has 29 heavy (non-hydrogen) atoms. The Hall–Kier alpha value is -1.86. The van der Waals surface area contributed by atoms with Gasteiger partial charge < -0.3 is 23.7 Å². The third kappa shape index (κ3) is 2.43. The van der Waals surface area contributed by atoms with Crippen molar-refractivity contribution in [1.29, 1.82) is 0 Å². The fourth-order valence-electron chi connectivity index (χ4n) is 6.76. The molecule has 2 aliphatic heterocycles. The molecular formula is C22H28O7. The molecule has 4 fully saturated rings. The molecule has 3 heterocycles. The van der Waals surface area contributed by atoms with Gasteiger partial charge in [0.1, 0.15) is 18.3 Å². The number of aliphatic hydroxyl groups excluding tert-OH is 1. The van der Waals surface area contributed by atoms with Crippen LogP contribution in [0.3, 0.4) is 0 Å². The van der Waals surface area contributed by atoms with Crippen LogP contribution in [0.1, 0.15) is 57.6 Å². The van der Waals surface area contributed by atoms with Crippen LogP contribution in [0.4, 0.5) is 0 Å². The van der Waals surface area contributed by atoms with Gasteiger partial charge in [-0.2, -0.15) is 0 Å². The first-order valence-corrected chi connectivity index (χ1v) is 10.5. The summed E-state index contributed by atoms with van der Waals surface area (Å²) >= 11 is 0. The fourth-order valence-corrected chi connectivity index (χ4v) is 6.76. The largest absolute Gasteiger partial charge is 0.472 e. The van der Waals surface area contributed by atoms with Crippen LogP contribution in [0.5, 0.6) is 0 Å². The Morgan fingerprint density at radius 1 is 1.34 bits per heavy atom. The maximum absolute atomic E-state index is 13.5. The number of cyclic esters (lactones) is 1. The second-order valence-electron chi connectivity index (χ2n) is 9.40. The van der Waals surface area contributed by atoms with Gasteiger partial charge in [0.25, 0.3) is 0 Å². The lowest BCUT2D eigenvalue weighted by atomic mass is 9.43. The lowest BCUT2D eigenvalue weighted by Gasteiger charge is -2.59. The zero-order chi connectivity index (χ0) is 20.4. The average Bonchev–Trinajstić information content (AvgIpc) is 3.16. The zero-order valence-corrected chi connectivity index (χ0v) is 16.9. The van der Waals surface area contributed by atoms with Crippen LogP contribution in [0.25, 0.3) is 0 Å². The summed E-state index contributed by atoms with van der Waals surface area (Å²) in [7, 11) is 0. The van der Waals surface area contributed by atoms with Gasteiger partial charge in [-0.1, -0.05) is 6.92 Å². The molecule has 0 radical (unpaired) electrons. The van der Waals surface area contributed by atoms with Gasteiger partial charge in [0.05, 0.1) is 30.7 Å². The zero-order valence-electron chi connectivity index (χ0n) is 16.9. The Labute approximate surface area is 169 Å². The predicted octanol–water partition coefficient (Wildman–Crippen LogP) is 2.77. The van der Waals surface area contributed by atoms with Crippen LogP contribution < -0.4 is 0 Å². The van der Waals surface area contributed by atoms with Crippen molar-refractivity contribution in [2.45, 2.75) is 63.8 Å². The highest BCUT2D eigenvalue weighted by Gasteiger charge is 2.77. The summed E-state index contributed by atoms with van der Waals surface area (Å²) in [6, 6.07) is 1.84. The average molecular weight is 404 g/mol. The smallest absolute Gasteiger partial charge is 0.313 e. The molecule has 0 amide bonds. The van der Waals surface area contributed by atoms with E-state index in [0.29, 0.717) is 25.9 Å². The van der Waals surface area contributed by atoms with Crippen LogP contribution in [0.15, 0.2) is 23.0 Å². The number of hydrogen-bond donors (Lipinski definition) is 1. The van der Waals surface area contributed by atoms with Crippen molar-refractivity contribution >= 4 is 11.9 Å². The van der Waals surface area contributed by atoms with Crippen LogP contribution in [0.2, 0.25) is 0 Å². The van der Waals surface area contributed by atoms with E-state index >= 15 is 0 Å². The minimum atomic E-state index is -0.730. The number of aliphatic hydroxyl groups is 1. The number of rotatable bonds is 3. The Morgan fingerprint density at radius 3 is 2.79 bits per heavy atom. The van der Waals surface area contributed by atoms with E-state index in [9.17, 15) is 14.7 Å². The lowest BCUT2D eigenvalue weighted by Crippen LogP contribution is -2.65. The summed E-state index contributed by atoms with van der Waals surface area (Å²) in [5, 5.41) is 10.8. The summed E-state index contributed by atoms with van der Waals surface area (Å²) in [5.41, 5.74) is -1.12. The van der Waals surface area contributed by atoms with Gasteiger partial charge in [-0.25, -0.2) is 0 Å². The van der Waals surface area contributed by atoms with E-state index < -0.39 is 22.5 Å². The lowest BCUT2D eigenvalue weighted by molar-refractivity contribution is -0.201. The Bertz CT molecular complexity index is 813. The minimum Gasteiger partial charge on any atom is -0.472 e. The molecule has 2 saturated heterocycles. The van der Waals surface area contributed by atoms with E-state index in [1.807, 2.05) is 6.07 Å². The maximum atomic E-state index is 13.5. The molecule has 7 heteroatoms. The number of fused-ring (bicyclic) bond motifs is 3. The molecule has 5 unspecified atom stereocenters. The molecule has 2 spiro atoms. The molecule has 0 bridgehead atoms. The molecule has 1 aromatic heterocycles. The molecule has 2 aliphatic carbocycles. The molecule has 4 aliphatic rings. The van der Waals surface area contributed by atoms with Gasteiger partial charge in [0, 0.05) is 24.3 Å².